The molecule has 102 valence electrons. The normalized spacial score (nSPS) is 10.2. The molecule has 2 aromatic carbocycles. The highest BCUT2D eigenvalue weighted by Gasteiger charge is 2.09. The molecule has 0 aliphatic heterocycles. The summed E-state index contributed by atoms with van der Waals surface area (Å²) < 4.78 is 0. The largest absolute Gasteiger partial charge is 0.298 e. The molecule has 0 aromatic heterocycles. The van der Waals surface area contributed by atoms with Crippen molar-refractivity contribution in [3.63, 3.8) is 0 Å². The van der Waals surface area contributed by atoms with Gasteiger partial charge in [0.2, 0.25) is 0 Å². The van der Waals surface area contributed by atoms with Crippen molar-refractivity contribution >= 4 is 35.3 Å². The maximum Gasteiger partial charge on any atom is 0.270 e. The first-order valence-corrected chi connectivity index (χ1v) is 7.07. The van der Waals surface area contributed by atoms with Gasteiger partial charge in [-0.3, -0.25) is 14.9 Å². The van der Waals surface area contributed by atoms with Crippen LogP contribution >= 0.6 is 23.4 Å². The first-order valence-electron chi connectivity index (χ1n) is 5.71. The highest BCUT2D eigenvalue weighted by Crippen LogP contribution is 2.29. The minimum Gasteiger partial charge on any atom is -0.298 e. The Labute approximate surface area is 124 Å². The van der Waals surface area contributed by atoms with Crippen LogP contribution in [0, 0.1) is 10.1 Å². The van der Waals surface area contributed by atoms with E-state index in [0.717, 1.165) is 16.7 Å². The molecular formula is C14H10ClNO3S. The molecule has 2 rings (SSSR count). The molecule has 0 unspecified atom stereocenters. The lowest BCUT2D eigenvalue weighted by molar-refractivity contribution is -0.384. The van der Waals surface area contributed by atoms with Gasteiger partial charge in [-0.05, 0) is 23.8 Å². The first kappa shape index (κ1) is 14.6. The number of nitro benzene ring substituents is 1. The number of hydrogen-bond donors (Lipinski definition) is 0. The number of thioether (sulfide) groups is 1. The van der Waals surface area contributed by atoms with Gasteiger partial charge in [-0.25, -0.2) is 0 Å². The monoisotopic (exact) mass is 307 g/mol. The Balaban J connectivity index is 2.10. The first-order chi connectivity index (χ1) is 9.60. The van der Waals surface area contributed by atoms with Gasteiger partial charge in [0.05, 0.1) is 9.95 Å². The Bertz CT molecular complexity index is 661. The molecule has 0 N–H and O–H groups in total. The van der Waals surface area contributed by atoms with Gasteiger partial charge in [0.1, 0.15) is 6.29 Å². The molecule has 0 saturated heterocycles. The Morgan fingerprint density at radius 1 is 1.25 bits per heavy atom. The Kier molecular flexibility index (Phi) is 4.76. The van der Waals surface area contributed by atoms with Crippen LogP contribution in [0.5, 0.6) is 0 Å². The minimum atomic E-state index is -0.476. The van der Waals surface area contributed by atoms with Crippen molar-refractivity contribution in [1.82, 2.24) is 0 Å². The average molecular weight is 308 g/mol. The number of hydrogen-bond acceptors (Lipinski definition) is 4. The summed E-state index contributed by atoms with van der Waals surface area (Å²) in [4.78, 5) is 21.8. The lowest BCUT2D eigenvalue weighted by Crippen LogP contribution is -1.90. The molecule has 0 aliphatic rings. The van der Waals surface area contributed by atoms with Crippen LogP contribution in [0.3, 0.4) is 0 Å². The molecule has 0 atom stereocenters. The number of aldehydes is 1. The smallest absolute Gasteiger partial charge is 0.270 e. The van der Waals surface area contributed by atoms with E-state index in [-0.39, 0.29) is 5.69 Å². The molecule has 6 heteroatoms. The van der Waals surface area contributed by atoms with E-state index in [1.807, 2.05) is 12.1 Å². The van der Waals surface area contributed by atoms with E-state index in [1.165, 1.54) is 23.9 Å². The second-order valence-corrected chi connectivity index (χ2v) is 5.47. The van der Waals surface area contributed by atoms with Crippen molar-refractivity contribution in [2.24, 2.45) is 0 Å². The summed E-state index contributed by atoms with van der Waals surface area (Å²) in [7, 11) is 0. The fourth-order valence-electron chi connectivity index (χ4n) is 1.61. The van der Waals surface area contributed by atoms with Crippen molar-refractivity contribution in [3.8, 4) is 0 Å². The molecule has 0 radical (unpaired) electrons. The van der Waals surface area contributed by atoms with E-state index in [4.69, 9.17) is 11.6 Å². The molecule has 0 fully saturated rings. The van der Waals surface area contributed by atoms with E-state index < -0.39 is 4.92 Å². The number of carbonyl (C=O) groups is 1. The van der Waals surface area contributed by atoms with Gasteiger partial charge < -0.3 is 0 Å². The number of nitrogens with zero attached hydrogens (tertiary/aromatic N) is 1. The van der Waals surface area contributed by atoms with Crippen molar-refractivity contribution in [2.45, 2.75) is 10.6 Å². The summed E-state index contributed by atoms with van der Waals surface area (Å²) in [5.74, 6) is 0.582. The molecule has 2 aromatic rings. The molecular weight excluding hydrogens is 298 g/mol. The van der Waals surface area contributed by atoms with E-state index in [0.29, 0.717) is 16.3 Å². The second-order valence-electron chi connectivity index (χ2n) is 4.01. The SMILES string of the molecule is O=Cc1cccc(SCc2ccc([N+](=O)[O-])cc2Cl)c1. The molecule has 0 saturated carbocycles. The Hall–Kier alpha value is -1.85. The van der Waals surface area contributed by atoms with Gasteiger partial charge >= 0.3 is 0 Å². The van der Waals surface area contributed by atoms with Gasteiger partial charge in [-0.1, -0.05) is 23.7 Å². The maximum atomic E-state index is 10.7. The zero-order chi connectivity index (χ0) is 14.5. The number of benzene rings is 2. The third-order valence-electron chi connectivity index (χ3n) is 2.64. The predicted octanol–water partition coefficient (Wildman–Crippen LogP) is 4.35. The standard InChI is InChI=1S/C14H10ClNO3S/c15-14-7-12(16(18)19)5-4-11(14)9-20-13-3-1-2-10(6-13)8-17/h1-8H,9H2. The zero-order valence-corrected chi connectivity index (χ0v) is 11.9. The topological polar surface area (TPSA) is 60.2 Å². The number of halogens is 1. The summed E-state index contributed by atoms with van der Waals surface area (Å²) in [5.41, 5.74) is 1.41. The van der Waals surface area contributed by atoms with E-state index >= 15 is 0 Å². The second kappa shape index (κ2) is 6.54. The zero-order valence-electron chi connectivity index (χ0n) is 10.3. The molecule has 20 heavy (non-hydrogen) atoms. The van der Waals surface area contributed by atoms with Crippen molar-refractivity contribution in [3.05, 3.63) is 68.7 Å². The van der Waals surface area contributed by atoms with Crippen LogP contribution in [-0.2, 0) is 5.75 Å². The summed E-state index contributed by atoms with van der Waals surface area (Å²) in [6, 6.07) is 11.7. The molecule has 0 amide bonds. The predicted molar refractivity (Wildman–Crippen MR) is 79.5 cm³/mol. The Morgan fingerprint density at radius 3 is 2.70 bits per heavy atom. The molecule has 0 aliphatic carbocycles. The van der Waals surface area contributed by atoms with Gasteiger partial charge in [-0.2, -0.15) is 0 Å². The number of rotatable bonds is 5. The number of nitro groups is 1. The fraction of sp³-hybridized carbons (Fsp3) is 0.0714. The highest BCUT2D eigenvalue weighted by atomic mass is 35.5. The summed E-state index contributed by atoms with van der Waals surface area (Å²) in [6.45, 7) is 0. The summed E-state index contributed by atoms with van der Waals surface area (Å²) in [6.07, 6.45) is 0.795. The lowest BCUT2D eigenvalue weighted by Gasteiger charge is -2.05. The van der Waals surface area contributed by atoms with Gasteiger partial charge in [0.25, 0.3) is 5.69 Å². The van der Waals surface area contributed by atoms with E-state index in [1.54, 1.807) is 18.2 Å². The van der Waals surface area contributed by atoms with Crippen LogP contribution in [0.25, 0.3) is 0 Å². The molecule has 0 heterocycles. The minimum absolute atomic E-state index is 0.0216. The summed E-state index contributed by atoms with van der Waals surface area (Å²) >= 11 is 7.54. The quantitative estimate of drug-likeness (QED) is 0.356. The fourth-order valence-corrected chi connectivity index (χ4v) is 2.89. The van der Waals surface area contributed by atoms with Crippen LogP contribution < -0.4 is 0 Å². The van der Waals surface area contributed by atoms with Crippen molar-refractivity contribution < 1.29 is 9.72 Å². The average Bonchev–Trinajstić information content (AvgIpc) is 2.46. The van der Waals surface area contributed by atoms with Crippen LogP contribution in [0.15, 0.2) is 47.4 Å². The maximum absolute atomic E-state index is 10.7. The molecule has 0 bridgehead atoms. The van der Waals surface area contributed by atoms with E-state index in [2.05, 4.69) is 0 Å². The number of carbonyl (C=O) groups excluding carboxylic acids is 1. The highest BCUT2D eigenvalue weighted by molar-refractivity contribution is 7.98. The van der Waals surface area contributed by atoms with Crippen LogP contribution in [0.4, 0.5) is 5.69 Å². The van der Waals surface area contributed by atoms with Crippen LogP contribution in [-0.4, -0.2) is 11.2 Å². The van der Waals surface area contributed by atoms with Crippen LogP contribution in [0.2, 0.25) is 5.02 Å². The van der Waals surface area contributed by atoms with Gasteiger partial charge in [0, 0.05) is 28.3 Å². The van der Waals surface area contributed by atoms with Gasteiger partial charge in [-0.15, -0.1) is 11.8 Å². The molecule has 0 spiro atoms. The third kappa shape index (κ3) is 3.59. The third-order valence-corrected chi connectivity index (χ3v) is 4.03. The van der Waals surface area contributed by atoms with Crippen LogP contribution in [0.1, 0.15) is 15.9 Å². The van der Waals surface area contributed by atoms with Crippen molar-refractivity contribution in [2.75, 3.05) is 0 Å². The van der Waals surface area contributed by atoms with Gasteiger partial charge in [0.15, 0.2) is 0 Å². The van der Waals surface area contributed by atoms with Crippen molar-refractivity contribution in [1.29, 1.82) is 0 Å². The number of non-ortho nitro benzene ring substituents is 1. The Morgan fingerprint density at radius 2 is 2.05 bits per heavy atom. The molecule has 4 nitrogen and oxygen atoms in total. The lowest BCUT2D eigenvalue weighted by atomic mass is 10.2. The summed E-state index contributed by atoms with van der Waals surface area (Å²) in [5, 5.41) is 11.0. The van der Waals surface area contributed by atoms with E-state index in [9.17, 15) is 14.9 Å².